The van der Waals surface area contributed by atoms with Gasteiger partial charge in [0.15, 0.2) is 0 Å². The molecule has 3 aromatic carbocycles. The number of anilines is 1. The molecule has 1 amide bonds. The van der Waals surface area contributed by atoms with Crippen molar-refractivity contribution < 1.29 is 9.90 Å². The third kappa shape index (κ3) is 4.44. The number of fused-ring (bicyclic) bond motifs is 1. The Morgan fingerprint density at radius 2 is 1.82 bits per heavy atom. The lowest BCUT2D eigenvalue weighted by Gasteiger charge is -2.39. The van der Waals surface area contributed by atoms with E-state index in [2.05, 4.69) is 14.7 Å². The second kappa shape index (κ2) is 9.09. The molecule has 1 aromatic heterocycles. The molecular weight excluding hydrogens is 456 g/mol. The van der Waals surface area contributed by atoms with Crippen LogP contribution in [0.1, 0.15) is 28.8 Å². The van der Waals surface area contributed by atoms with Crippen molar-refractivity contribution in [2.24, 2.45) is 0 Å². The fourth-order valence-electron chi connectivity index (χ4n) is 4.19. The summed E-state index contributed by atoms with van der Waals surface area (Å²) in [6.07, 6.45) is 2.60. The van der Waals surface area contributed by atoms with E-state index < -0.39 is 5.60 Å². The van der Waals surface area contributed by atoms with Crippen LogP contribution in [0.5, 0.6) is 0 Å². The van der Waals surface area contributed by atoms with E-state index in [1.165, 1.54) is 11.9 Å². The normalized spacial score (nSPS) is 15.5. The van der Waals surface area contributed by atoms with Gasteiger partial charge in [-0.2, -0.15) is 0 Å². The Morgan fingerprint density at radius 3 is 2.58 bits per heavy atom. The summed E-state index contributed by atoms with van der Waals surface area (Å²) in [4.78, 5) is 23.3. The molecule has 0 spiro atoms. The van der Waals surface area contributed by atoms with Crippen molar-refractivity contribution in [3.05, 3.63) is 89.2 Å². The van der Waals surface area contributed by atoms with E-state index >= 15 is 0 Å². The molecule has 1 saturated heterocycles. The fourth-order valence-corrected chi connectivity index (χ4v) is 5.27. The van der Waals surface area contributed by atoms with Gasteiger partial charge in [-0.25, -0.2) is 4.98 Å². The summed E-state index contributed by atoms with van der Waals surface area (Å²) in [5.74, 6) is -0.0308. The molecule has 0 saturated carbocycles. The zero-order chi connectivity index (χ0) is 22.8. The van der Waals surface area contributed by atoms with E-state index in [0.29, 0.717) is 36.5 Å². The number of aromatic amines is 1. The van der Waals surface area contributed by atoms with Crippen LogP contribution in [0.2, 0.25) is 5.02 Å². The third-order valence-electron chi connectivity index (χ3n) is 6.08. The predicted octanol–water partition coefficient (Wildman–Crippen LogP) is 5.46. The average Bonchev–Trinajstić information content (AvgIpc) is 3.33. The number of nitrogens with zero attached hydrogens (tertiary/aromatic N) is 2. The van der Waals surface area contributed by atoms with E-state index in [0.717, 1.165) is 27.2 Å². The van der Waals surface area contributed by atoms with Crippen LogP contribution in [0.25, 0.3) is 11.0 Å². The zero-order valence-electron chi connectivity index (χ0n) is 17.8. The van der Waals surface area contributed by atoms with Gasteiger partial charge in [-0.15, -0.1) is 0 Å². The van der Waals surface area contributed by atoms with Crippen LogP contribution in [0.4, 0.5) is 5.69 Å². The highest BCUT2D eigenvalue weighted by Crippen LogP contribution is 2.37. The molecule has 0 atom stereocenters. The second-order valence-corrected chi connectivity index (χ2v) is 9.40. The smallest absolute Gasteiger partial charge is 0.253 e. The minimum Gasteiger partial charge on any atom is -0.385 e. The minimum absolute atomic E-state index is 0.0308. The fraction of sp³-hybridized carbons (Fsp3) is 0.200. The number of halogens is 1. The lowest BCUT2D eigenvalue weighted by atomic mass is 9.84. The topological polar surface area (TPSA) is 81.2 Å². The number of benzene rings is 3. The summed E-state index contributed by atoms with van der Waals surface area (Å²) < 4.78 is 3.32. The minimum atomic E-state index is -1.00. The number of carbonyl (C=O) groups is 1. The van der Waals surface area contributed by atoms with E-state index in [1.807, 2.05) is 60.7 Å². The number of H-pyrrole nitrogens is 1. The van der Waals surface area contributed by atoms with E-state index in [9.17, 15) is 9.90 Å². The Hall–Kier alpha value is -3.00. The molecule has 33 heavy (non-hydrogen) atoms. The largest absolute Gasteiger partial charge is 0.385 e. The number of rotatable bonds is 5. The summed E-state index contributed by atoms with van der Waals surface area (Å²) in [5, 5.41) is 11.7. The predicted molar refractivity (Wildman–Crippen MR) is 133 cm³/mol. The van der Waals surface area contributed by atoms with E-state index in [1.54, 1.807) is 17.3 Å². The first-order valence-electron chi connectivity index (χ1n) is 10.8. The van der Waals surface area contributed by atoms with Crippen LogP contribution in [-0.2, 0) is 5.60 Å². The number of imidazole rings is 1. The van der Waals surface area contributed by atoms with Crippen LogP contribution in [0.3, 0.4) is 0 Å². The Morgan fingerprint density at radius 1 is 1.06 bits per heavy atom. The lowest BCUT2D eigenvalue weighted by Crippen LogP contribution is -2.45. The lowest BCUT2D eigenvalue weighted by molar-refractivity contribution is -0.0210. The van der Waals surface area contributed by atoms with Gasteiger partial charge in [-0.05, 0) is 67.3 Å². The van der Waals surface area contributed by atoms with Gasteiger partial charge < -0.3 is 19.7 Å². The number of para-hydroxylation sites is 1. The van der Waals surface area contributed by atoms with Crippen molar-refractivity contribution in [1.82, 2.24) is 14.9 Å². The first-order chi connectivity index (χ1) is 16.0. The van der Waals surface area contributed by atoms with Crippen molar-refractivity contribution in [2.45, 2.75) is 23.3 Å². The van der Waals surface area contributed by atoms with Gasteiger partial charge in [0.1, 0.15) is 5.52 Å². The first kappa shape index (κ1) is 21.8. The molecule has 5 rings (SSSR count). The number of aromatic nitrogens is 2. The second-order valence-electron chi connectivity index (χ2n) is 8.14. The number of hydrogen-bond donors (Lipinski definition) is 3. The van der Waals surface area contributed by atoms with Gasteiger partial charge in [-0.3, -0.25) is 4.79 Å². The first-order valence-corrected chi connectivity index (χ1v) is 11.9. The average molecular weight is 479 g/mol. The number of carbonyl (C=O) groups excluding carboxylic acids is 1. The highest BCUT2D eigenvalue weighted by atomic mass is 35.5. The quantitative estimate of drug-likeness (QED) is 0.332. The van der Waals surface area contributed by atoms with Crippen LogP contribution in [0, 0.1) is 0 Å². The van der Waals surface area contributed by atoms with Gasteiger partial charge in [0.25, 0.3) is 5.91 Å². The Kier molecular flexibility index (Phi) is 6.01. The molecule has 4 aromatic rings. The summed E-state index contributed by atoms with van der Waals surface area (Å²) >= 11 is 7.77. The Bertz CT molecular complexity index is 1280. The van der Waals surface area contributed by atoms with Crippen molar-refractivity contribution in [3.8, 4) is 0 Å². The van der Waals surface area contributed by atoms with Crippen LogP contribution in [0.15, 0.2) is 78.0 Å². The molecule has 8 heteroatoms. The van der Waals surface area contributed by atoms with Crippen LogP contribution >= 0.6 is 23.5 Å². The molecule has 0 radical (unpaired) electrons. The molecule has 0 aliphatic carbocycles. The summed E-state index contributed by atoms with van der Waals surface area (Å²) in [6.45, 7) is 0.953. The van der Waals surface area contributed by atoms with E-state index in [-0.39, 0.29) is 5.91 Å². The van der Waals surface area contributed by atoms with Crippen molar-refractivity contribution >= 4 is 46.2 Å². The molecule has 0 bridgehead atoms. The maximum atomic E-state index is 13.0. The van der Waals surface area contributed by atoms with E-state index in [4.69, 9.17) is 11.6 Å². The number of piperidine rings is 1. The van der Waals surface area contributed by atoms with Crippen LogP contribution < -0.4 is 4.72 Å². The molecule has 6 nitrogen and oxygen atoms in total. The molecule has 1 aliphatic heterocycles. The van der Waals surface area contributed by atoms with Crippen LogP contribution in [-0.4, -0.2) is 39.0 Å². The van der Waals surface area contributed by atoms with Crippen molar-refractivity contribution in [1.29, 1.82) is 0 Å². The standard InChI is InChI=1S/C25H23ClN4O2S/c26-20-5-2-1-4-19(20)25(32)12-14-30(15-13-25)24(31)17-8-10-18(11-9-17)29-33-22-7-3-6-21-23(22)28-16-27-21/h1-11,16,29,32H,12-15H2,(H,27,28). The van der Waals surface area contributed by atoms with Gasteiger partial charge in [0.2, 0.25) is 0 Å². The number of aliphatic hydroxyl groups is 1. The third-order valence-corrected chi connectivity index (χ3v) is 7.29. The van der Waals surface area contributed by atoms with Gasteiger partial charge in [-0.1, -0.05) is 35.9 Å². The zero-order valence-corrected chi connectivity index (χ0v) is 19.4. The molecular formula is C25H23ClN4O2S. The maximum Gasteiger partial charge on any atom is 0.253 e. The summed E-state index contributed by atoms with van der Waals surface area (Å²) in [7, 11) is 0. The monoisotopic (exact) mass is 478 g/mol. The molecule has 1 fully saturated rings. The number of likely N-dealkylation sites (tertiary alicyclic amines) is 1. The molecule has 1 aliphatic rings. The Labute approximate surface area is 201 Å². The van der Waals surface area contributed by atoms with Gasteiger partial charge in [0.05, 0.1) is 22.3 Å². The summed E-state index contributed by atoms with van der Waals surface area (Å²) in [5.41, 5.74) is 3.17. The molecule has 168 valence electrons. The molecule has 2 heterocycles. The van der Waals surface area contributed by atoms with Gasteiger partial charge >= 0.3 is 0 Å². The molecule has 0 unspecified atom stereocenters. The number of amides is 1. The number of hydrogen-bond acceptors (Lipinski definition) is 5. The van der Waals surface area contributed by atoms with Crippen molar-refractivity contribution in [3.63, 3.8) is 0 Å². The number of nitrogens with one attached hydrogen (secondary N) is 2. The SMILES string of the molecule is O=C(c1ccc(NSc2cccc3[nH]cnc23)cc1)N1CCC(O)(c2ccccc2Cl)CC1. The molecule has 3 N–H and O–H groups in total. The maximum absolute atomic E-state index is 13.0. The highest BCUT2D eigenvalue weighted by Gasteiger charge is 2.36. The van der Waals surface area contributed by atoms with Gasteiger partial charge in [0, 0.05) is 34.9 Å². The summed E-state index contributed by atoms with van der Waals surface area (Å²) in [6, 6.07) is 20.8. The van der Waals surface area contributed by atoms with Crippen molar-refractivity contribution in [2.75, 3.05) is 17.8 Å². The highest BCUT2D eigenvalue weighted by molar-refractivity contribution is 8.00. The Balaban J connectivity index is 1.20.